The maximum atomic E-state index is 11.2. The van der Waals surface area contributed by atoms with Crippen LogP contribution in [0.5, 0.6) is 11.5 Å². The zero-order valence-corrected chi connectivity index (χ0v) is 29.7. The minimum Gasteiger partial charge on any atom is -0.488 e. The summed E-state index contributed by atoms with van der Waals surface area (Å²) in [7, 11) is 4.25. The molecule has 0 aromatic heterocycles. The number of nitriles is 1. The molecular formula is C40H46ClN5O3. The number of halogens is 1. The minimum atomic E-state index is -0.0683. The Balaban J connectivity index is 1.33. The molecule has 1 aliphatic heterocycles. The fraction of sp³-hybridized carbons (Fsp3) is 0.350. The average molecular weight is 680 g/mol. The maximum Gasteiger partial charge on any atom is 0.216 e. The van der Waals surface area contributed by atoms with E-state index in [1.54, 1.807) is 6.07 Å². The van der Waals surface area contributed by atoms with Crippen LogP contribution in [0.15, 0.2) is 72.8 Å². The van der Waals surface area contributed by atoms with Crippen LogP contribution in [0.3, 0.4) is 0 Å². The molecule has 0 radical (unpaired) electrons. The van der Waals surface area contributed by atoms with E-state index < -0.39 is 0 Å². The molecule has 0 unspecified atom stereocenters. The Labute approximate surface area is 295 Å². The van der Waals surface area contributed by atoms with E-state index in [-0.39, 0.29) is 12.5 Å². The van der Waals surface area contributed by atoms with E-state index in [1.807, 2.05) is 30.3 Å². The first kappa shape index (κ1) is 35.7. The molecule has 1 aliphatic rings. The molecule has 5 rings (SSSR count). The van der Waals surface area contributed by atoms with E-state index >= 15 is 0 Å². The summed E-state index contributed by atoms with van der Waals surface area (Å²) in [5.41, 5.74) is 9.89. The van der Waals surface area contributed by atoms with Crippen molar-refractivity contribution in [2.45, 2.75) is 46.4 Å². The third-order valence-electron chi connectivity index (χ3n) is 8.83. The number of nitrogens with zero attached hydrogens (tertiary/aromatic N) is 3. The van der Waals surface area contributed by atoms with E-state index in [0.717, 1.165) is 49.2 Å². The van der Waals surface area contributed by atoms with E-state index in [1.165, 1.54) is 34.9 Å². The van der Waals surface area contributed by atoms with E-state index in [2.05, 4.69) is 83.9 Å². The summed E-state index contributed by atoms with van der Waals surface area (Å²) >= 11 is 6.80. The van der Waals surface area contributed by atoms with E-state index in [4.69, 9.17) is 21.1 Å². The molecule has 0 saturated carbocycles. The predicted octanol–water partition coefficient (Wildman–Crippen LogP) is 6.89. The third-order valence-corrected chi connectivity index (χ3v) is 9.13. The third kappa shape index (κ3) is 9.54. The van der Waals surface area contributed by atoms with Crippen molar-refractivity contribution in [1.82, 2.24) is 15.5 Å². The lowest BCUT2D eigenvalue weighted by molar-refractivity contribution is -0.118. The second-order valence-corrected chi connectivity index (χ2v) is 13.1. The fourth-order valence-electron chi connectivity index (χ4n) is 6.25. The molecule has 8 nitrogen and oxygen atoms in total. The zero-order valence-electron chi connectivity index (χ0n) is 28.9. The summed E-state index contributed by atoms with van der Waals surface area (Å²) in [5, 5.41) is 15.9. The lowest BCUT2D eigenvalue weighted by Gasteiger charge is -2.21. The lowest BCUT2D eigenvalue weighted by Crippen LogP contribution is -2.30. The summed E-state index contributed by atoms with van der Waals surface area (Å²) in [5.74, 6) is 1.10. The van der Waals surface area contributed by atoms with Gasteiger partial charge in [-0.05, 0) is 98.1 Å². The molecule has 0 aliphatic carbocycles. The average Bonchev–Trinajstić information content (AvgIpc) is 3.50. The van der Waals surface area contributed by atoms with Crippen LogP contribution >= 0.6 is 11.6 Å². The number of carbonyl (C=O) groups excluding carboxylic acids is 1. The molecule has 1 heterocycles. The molecule has 49 heavy (non-hydrogen) atoms. The summed E-state index contributed by atoms with van der Waals surface area (Å²) < 4.78 is 12.7. The highest BCUT2D eigenvalue weighted by Crippen LogP contribution is 2.39. The Morgan fingerprint density at radius 2 is 1.73 bits per heavy atom. The van der Waals surface area contributed by atoms with Gasteiger partial charge in [-0.2, -0.15) is 5.26 Å². The van der Waals surface area contributed by atoms with Gasteiger partial charge in [-0.25, -0.2) is 0 Å². The maximum absolute atomic E-state index is 11.2. The molecule has 0 saturated heterocycles. The first-order valence-corrected chi connectivity index (χ1v) is 17.2. The van der Waals surface area contributed by atoms with Crippen molar-refractivity contribution in [2.24, 2.45) is 0 Å². The van der Waals surface area contributed by atoms with Gasteiger partial charge in [0.2, 0.25) is 5.91 Å². The van der Waals surface area contributed by atoms with Crippen molar-refractivity contribution in [3.8, 4) is 28.7 Å². The van der Waals surface area contributed by atoms with Crippen molar-refractivity contribution >= 4 is 23.2 Å². The van der Waals surface area contributed by atoms with Gasteiger partial charge in [-0.15, -0.1) is 0 Å². The summed E-state index contributed by atoms with van der Waals surface area (Å²) in [6.07, 6.45) is 2.18. The van der Waals surface area contributed by atoms with E-state index in [0.29, 0.717) is 48.3 Å². The SMILES string of the molecule is CC(=O)NCCNCc1cc(Cl)c(OCc2cccc(-c3cccc4c3CCN4CCCN(C)C)c2C)cc1OCc1cccc(C#N)c1. The smallest absolute Gasteiger partial charge is 0.216 e. The highest BCUT2D eigenvalue weighted by molar-refractivity contribution is 6.32. The quantitative estimate of drug-likeness (QED) is 0.125. The number of amides is 1. The van der Waals surface area contributed by atoms with Gasteiger partial charge >= 0.3 is 0 Å². The molecule has 9 heteroatoms. The first-order valence-electron chi connectivity index (χ1n) is 16.9. The summed E-state index contributed by atoms with van der Waals surface area (Å²) in [6, 6.07) is 26.3. The molecule has 4 aromatic rings. The summed E-state index contributed by atoms with van der Waals surface area (Å²) in [4.78, 5) is 16.0. The molecule has 256 valence electrons. The van der Waals surface area contributed by atoms with Crippen LogP contribution in [-0.2, 0) is 31.0 Å². The largest absolute Gasteiger partial charge is 0.488 e. The van der Waals surface area contributed by atoms with Crippen LogP contribution in [0.1, 0.15) is 46.7 Å². The highest BCUT2D eigenvalue weighted by atomic mass is 35.5. The van der Waals surface area contributed by atoms with Crippen molar-refractivity contribution in [3.05, 3.63) is 111 Å². The van der Waals surface area contributed by atoms with Crippen LogP contribution in [0.2, 0.25) is 5.02 Å². The number of ether oxygens (including phenoxy) is 2. The van der Waals surface area contributed by atoms with Crippen LogP contribution in [0, 0.1) is 18.3 Å². The Morgan fingerprint density at radius 3 is 2.53 bits per heavy atom. The van der Waals surface area contributed by atoms with Crippen molar-refractivity contribution < 1.29 is 14.3 Å². The van der Waals surface area contributed by atoms with Crippen molar-refractivity contribution in [3.63, 3.8) is 0 Å². The lowest BCUT2D eigenvalue weighted by atomic mass is 9.92. The van der Waals surface area contributed by atoms with Gasteiger partial charge in [0.1, 0.15) is 24.7 Å². The monoisotopic (exact) mass is 679 g/mol. The van der Waals surface area contributed by atoms with Gasteiger partial charge in [-0.1, -0.05) is 54.1 Å². The number of fused-ring (bicyclic) bond motifs is 1. The Morgan fingerprint density at radius 1 is 0.959 bits per heavy atom. The molecular weight excluding hydrogens is 634 g/mol. The Kier molecular flexibility index (Phi) is 12.6. The number of nitrogens with one attached hydrogen (secondary N) is 2. The van der Waals surface area contributed by atoms with Gasteiger partial charge in [-0.3, -0.25) is 4.79 Å². The van der Waals surface area contributed by atoms with Gasteiger partial charge in [0.05, 0.1) is 16.7 Å². The van der Waals surface area contributed by atoms with Crippen LogP contribution in [0.4, 0.5) is 5.69 Å². The number of hydrogen-bond donors (Lipinski definition) is 2. The summed E-state index contributed by atoms with van der Waals surface area (Å²) in [6.45, 7) is 9.09. The highest BCUT2D eigenvalue weighted by Gasteiger charge is 2.23. The molecule has 4 aromatic carbocycles. The number of hydrogen-bond acceptors (Lipinski definition) is 7. The normalized spacial score (nSPS) is 12.1. The van der Waals surface area contributed by atoms with Crippen LogP contribution in [-0.4, -0.2) is 57.6 Å². The second-order valence-electron chi connectivity index (χ2n) is 12.7. The molecule has 0 bridgehead atoms. The van der Waals surface area contributed by atoms with Crippen LogP contribution < -0.4 is 25.0 Å². The molecule has 0 atom stereocenters. The second kappa shape index (κ2) is 17.2. The predicted molar refractivity (Wildman–Crippen MR) is 197 cm³/mol. The topological polar surface area (TPSA) is 89.9 Å². The zero-order chi connectivity index (χ0) is 34.8. The van der Waals surface area contributed by atoms with Gasteiger partial charge < -0.3 is 29.9 Å². The number of anilines is 1. The fourth-order valence-corrected chi connectivity index (χ4v) is 6.49. The standard InChI is InChI=1S/C40H46ClN5O3/c1-28-32(11-6-12-34(28)35-13-7-14-38-36(35)15-20-46(38)19-8-18-45(3)4)27-49-40-23-39(48-26-31-10-5-9-30(21-31)24-42)33(22-37(40)41)25-43-16-17-44-29(2)47/h5-7,9-14,21-23,43H,8,15-20,25-27H2,1-4H3,(H,44,47). The van der Waals surface area contributed by atoms with Gasteiger partial charge in [0, 0.05) is 57.0 Å². The number of benzene rings is 4. The Bertz CT molecular complexity index is 1800. The number of rotatable bonds is 16. The molecule has 0 spiro atoms. The molecule has 0 fully saturated rings. The molecule has 2 N–H and O–H groups in total. The van der Waals surface area contributed by atoms with E-state index in [9.17, 15) is 10.1 Å². The van der Waals surface area contributed by atoms with Gasteiger partial charge in [0.25, 0.3) is 0 Å². The minimum absolute atomic E-state index is 0.0683. The van der Waals surface area contributed by atoms with Crippen LogP contribution in [0.25, 0.3) is 11.1 Å². The van der Waals surface area contributed by atoms with Crippen molar-refractivity contribution in [1.29, 1.82) is 5.26 Å². The van der Waals surface area contributed by atoms with Crippen molar-refractivity contribution in [2.75, 3.05) is 51.7 Å². The molecule has 1 amide bonds. The van der Waals surface area contributed by atoms with Gasteiger partial charge in [0.15, 0.2) is 0 Å². The number of carbonyl (C=O) groups is 1. The Hall–Kier alpha value is -4.55. The first-order chi connectivity index (χ1) is 23.7.